The van der Waals surface area contributed by atoms with E-state index >= 15 is 0 Å². The van der Waals surface area contributed by atoms with Crippen LogP contribution in [0, 0.1) is 11.7 Å². The van der Waals surface area contributed by atoms with E-state index in [1.807, 2.05) is 13.0 Å². The van der Waals surface area contributed by atoms with Gasteiger partial charge in [0.25, 0.3) is 0 Å². The van der Waals surface area contributed by atoms with E-state index in [1.54, 1.807) is 12.1 Å². The molecule has 0 aliphatic heterocycles. The first-order valence-corrected chi connectivity index (χ1v) is 7.31. The van der Waals surface area contributed by atoms with E-state index in [2.05, 4.69) is 18.7 Å². The molecule has 0 radical (unpaired) electrons. The molecule has 1 aromatic rings. The average molecular weight is 264 g/mol. The van der Waals surface area contributed by atoms with Crippen LogP contribution in [0.2, 0.25) is 0 Å². The number of anilines is 1. The fraction of sp³-hybridized carbons (Fsp3) is 0.625. The Bertz CT molecular complexity index is 425. The quantitative estimate of drug-likeness (QED) is 0.845. The summed E-state index contributed by atoms with van der Waals surface area (Å²) in [6, 6.07) is 5.63. The van der Waals surface area contributed by atoms with Crippen LogP contribution in [0.4, 0.5) is 10.1 Å². The van der Waals surface area contributed by atoms with Crippen LogP contribution in [0.15, 0.2) is 18.2 Å². The molecule has 1 atom stereocenters. The van der Waals surface area contributed by atoms with Gasteiger partial charge in [-0.2, -0.15) is 0 Å². The number of rotatable bonds is 6. The molecule has 1 aliphatic carbocycles. The van der Waals surface area contributed by atoms with Crippen LogP contribution in [0.5, 0.6) is 0 Å². The van der Waals surface area contributed by atoms with Gasteiger partial charge in [0.1, 0.15) is 5.82 Å². The van der Waals surface area contributed by atoms with Crippen molar-refractivity contribution in [3.05, 3.63) is 29.6 Å². The van der Waals surface area contributed by atoms with Gasteiger partial charge in [-0.3, -0.25) is 0 Å². The fourth-order valence-electron chi connectivity index (χ4n) is 2.46. The standard InChI is InChI=1S/C16H25FN2/c1-11(2)9-10-19(13-7-8-13)16-14(12(3)18)5-4-6-15(16)17/h4-6,11-13H,7-10,18H2,1-3H3/t12-/m0/s1. The van der Waals surface area contributed by atoms with E-state index in [9.17, 15) is 4.39 Å². The Hall–Kier alpha value is -1.09. The van der Waals surface area contributed by atoms with Crippen molar-refractivity contribution < 1.29 is 4.39 Å². The minimum absolute atomic E-state index is 0.133. The number of nitrogens with zero attached hydrogens (tertiary/aromatic N) is 1. The van der Waals surface area contributed by atoms with E-state index in [-0.39, 0.29) is 11.9 Å². The molecule has 2 N–H and O–H groups in total. The molecule has 0 saturated heterocycles. The topological polar surface area (TPSA) is 29.3 Å². The van der Waals surface area contributed by atoms with Crippen molar-refractivity contribution in [1.82, 2.24) is 0 Å². The van der Waals surface area contributed by atoms with Crippen LogP contribution in [-0.2, 0) is 0 Å². The predicted molar refractivity (Wildman–Crippen MR) is 78.8 cm³/mol. The third-order valence-electron chi connectivity index (χ3n) is 3.73. The second-order valence-corrected chi connectivity index (χ2v) is 6.07. The lowest BCUT2D eigenvalue weighted by Crippen LogP contribution is -2.30. The molecule has 0 unspecified atom stereocenters. The average Bonchev–Trinajstić information content (AvgIpc) is 3.14. The SMILES string of the molecule is CC(C)CCN(c1c(F)cccc1[C@H](C)N)C1CC1. The Morgan fingerprint density at radius 2 is 2.00 bits per heavy atom. The zero-order valence-corrected chi connectivity index (χ0v) is 12.2. The summed E-state index contributed by atoms with van der Waals surface area (Å²) in [7, 11) is 0. The lowest BCUT2D eigenvalue weighted by Gasteiger charge is -2.29. The van der Waals surface area contributed by atoms with Gasteiger partial charge in [0.05, 0.1) is 5.69 Å². The summed E-state index contributed by atoms with van der Waals surface area (Å²) in [6.07, 6.45) is 3.43. The van der Waals surface area contributed by atoms with E-state index in [0.717, 1.165) is 24.2 Å². The number of para-hydroxylation sites is 1. The van der Waals surface area contributed by atoms with Crippen LogP contribution in [0.1, 0.15) is 51.6 Å². The van der Waals surface area contributed by atoms with E-state index < -0.39 is 0 Å². The van der Waals surface area contributed by atoms with Gasteiger partial charge in [0.2, 0.25) is 0 Å². The summed E-state index contributed by atoms with van der Waals surface area (Å²) in [5, 5.41) is 0. The Balaban J connectivity index is 2.30. The zero-order valence-electron chi connectivity index (χ0n) is 12.2. The van der Waals surface area contributed by atoms with Crippen LogP contribution < -0.4 is 10.6 Å². The van der Waals surface area contributed by atoms with Crippen molar-refractivity contribution in [1.29, 1.82) is 0 Å². The molecule has 1 aromatic carbocycles. The fourth-order valence-corrected chi connectivity index (χ4v) is 2.46. The molecule has 1 fully saturated rings. The van der Waals surface area contributed by atoms with Crippen molar-refractivity contribution in [3.8, 4) is 0 Å². The van der Waals surface area contributed by atoms with Crippen molar-refractivity contribution in [2.24, 2.45) is 11.7 Å². The molecule has 3 heteroatoms. The van der Waals surface area contributed by atoms with Crippen molar-refractivity contribution >= 4 is 5.69 Å². The summed E-state index contributed by atoms with van der Waals surface area (Å²) in [4.78, 5) is 2.24. The normalized spacial score (nSPS) is 16.7. The third-order valence-corrected chi connectivity index (χ3v) is 3.73. The molecule has 106 valence electrons. The molecule has 0 amide bonds. The lowest BCUT2D eigenvalue weighted by molar-refractivity contribution is 0.555. The summed E-state index contributed by atoms with van der Waals surface area (Å²) in [5.74, 6) is 0.497. The Labute approximate surface area is 115 Å². The van der Waals surface area contributed by atoms with Gasteiger partial charge in [-0.15, -0.1) is 0 Å². The first-order chi connectivity index (χ1) is 9.00. The van der Waals surface area contributed by atoms with Gasteiger partial charge in [-0.05, 0) is 43.7 Å². The molecule has 0 spiro atoms. The Kier molecular flexibility index (Phi) is 4.46. The third kappa shape index (κ3) is 3.47. The monoisotopic (exact) mass is 264 g/mol. The number of nitrogens with two attached hydrogens (primary N) is 1. The van der Waals surface area contributed by atoms with Crippen LogP contribution in [-0.4, -0.2) is 12.6 Å². The molecule has 0 aromatic heterocycles. The van der Waals surface area contributed by atoms with E-state index in [4.69, 9.17) is 5.73 Å². The lowest BCUT2D eigenvalue weighted by atomic mass is 10.0. The number of halogens is 1. The van der Waals surface area contributed by atoms with Gasteiger partial charge in [-0.1, -0.05) is 26.0 Å². The molecule has 19 heavy (non-hydrogen) atoms. The Morgan fingerprint density at radius 3 is 2.53 bits per heavy atom. The summed E-state index contributed by atoms with van der Waals surface area (Å²) < 4.78 is 14.3. The largest absolute Gasteiger partial charge is 0.366 e. The molecular weight excluding hydrogens is 239 g/mol. The minimum atomic E-state index is -0.134. The van der Waals surface area contributed by atoms with Gasteiger partial charge in [-0.25, -0.2) is 4.39 Å². The summed E-state index contributed by atoms with van der Waals surface area (Å²) in [5.41, 5.74) is 7.67. The first kappa shape index (κ1) is 14.3. The van der Waals surface area contributed by atoms with Crippen LogP contribution in [0.25, 0.3) is 0 Å². The second-order valence-electron chi connectivity index (χ2n) is 6.07. The predicted octanol–water partition coefficient (Wildman–Crippen LogP) is 3.86. The highest BCUT2D eigenvalue weighted by molar-refractivity contribution is 5.57. The van der Waals surface area contributed by atoms with Gasteiger partial charge in [0.15, 0.2) is 0 Å². The molecule has 0 bridgehead atoms. The molecule has 0 heterocycles. The van der Waals surface area contributed by atoms with Gasteiger partial charge in [0, 0.05) is 18.6 Å². The highest BCUT2D eigenvalue weighted by Gasteiger charge is 2.32. The Morgan fingerprint density at radius 1 is 1.32 bits per heavy atom. The maximum Gasteiger partial charge on any atom is 0.146 e. The van der Waals surface area contributed by atoms with Crippen LogP contribution in [0.3, 0.4) is 0 Å². The molecular formula is C16H25FN2. The van der Waals surface area contributed by atoms with Gasteiger partial charge >= 0.3 is 0 Å². The van der Waals surface area contributed by atoms with E-state index in [0.29, 0.717) is 12.0 Å². The molecule has 1 aliphatic rings. The van der Waals surface area contributed by atoms with Gasteiger partial charge < -0.3 is 10.6 Å². The maximum absolute atomic E-state index is 14.3. The maximum atomic E-state index is 14.3. The molecule has 2 rings (SSSR count). The highest BCUT2D eigenvalue weighted by atomic mass is 19.1. The highest BCUT2D eigenvalue weighted by Crippen LogP contribution is 2.37. The van der Waals surface area contributed by atoms with Crippen molar-refractivity contribution in [2.75, 3.05) is 11.4 Å². The summed E-state index contributed by atoms with van der Waals surface area (Å²) in [6.45, 7) is 7.26. The number of hydrogen-bond acceptors (Lipinski definition) is 2. The molecule has 1 saturated carbocycles. The zero-order chi connectivity index (χ0) is 14.0. The second kappa shape index (κ2) is 5.91. The summed E-state index contributed by atoms with van der Waals surface area (Å²) >= 11 is 0. The minimum Gasteiger partial charge on any atom is -0.366 e. The smallest absolute Gasteiger partial charge is 0.146 e. The number of benzene rings is 1. The van der Waals surface area contributed by atoms with E-state index in [1.165, 1.54) is 12.8 Å². The van der Waals surface area contributed by atoms with Crippen LogP contribution >= 0.6 is 0 Å². The van der Waals surface area contributed by atoms with Crippen molar-refractivity contribution in [3.63, 3.8) is 0 Å². The van der Waals surface area contributed by atoms with Crippen molar-refractivity contribution in [2.45, 2.75) is 52.1 Å². The number of hydrogen-bond donors (Lipinski definition) is 1. The first-order valence-electron chi connectivity index (χ1n) is 7.31. The molecule has 2 nitrogen and oxygen atoms in total.